The first kappa shape index (κ1) is 19.0. The summed E-state index contributed by atoms with van der Waals surface area (Å²) in [6.45, 7) is 3.93. The lowest BCUT2D eigenvalue weighted by atomic mass is 10.2. The number of para-hydroxylation sites is 1. The van der Waals surface area contributed by atoms with Crippen molar-refractivity contribution in [2.24, 2.45) is 0 Å². The summed E-state index contributed by atoms with van der Waals surface area (Å²) >= 11 is 0. The molecule has 29 heavy (non-hydrogen) atoms. The van der Waals surface area contributed by atoms with Gasteiger partial charge in [-0.05, 0) is 29.8 Å². The Hall–Kier alpha value is -3.34. The van der Waals surface area contributed by atoms with Gasteiger partial charge in [0.1, 0.15) is 5.82 Å². The number of aromatic nitrogens is 1. The van der Waals surface area contributed by atoms with E-state index in [1.54, 1.807) is 6.20 Å². The fourth-order valence-electron chi connectivity index (χ4n) is 3.67. The molecule has 1 aliphatic rings. The van der Waals surface area contributed by atoms with Crippen LogP contribution in [-0.4, -0.2) is 49.0 Å². The Morgan fingerprint density at radius 2 is 1.55 bits per heavy atom. The molecule has 1 amide bonds. The van der Waals surface area contributed by atoms with E-state index in [0.717, 1.165) is 38.5 Å². The maximum Gasteiger partial charge on any atom is 0.255 e. The highest BCUT2D eigenvalue weighted by molar-refractivity contribution is 5.94. The van der Waals surface area contributed by atoms with E-state index in [-0.39, 0.29) is 5.91 Å². The maximum atomic E-state index is 12.9. The average molecular weight is 386 g/mol. The van der Waals surface area contributed by atoms with Crippen molar-refractivity contribution in [2.75, 3.05) is 43.0 Å². The van der Waals surface area contributed by atoms with Gasteiger partial charge in [-0.2, -0.15) is 0 Å². The molecule has 0 radical (unpaired) electrons. The molecule has 0 saturated carbocycles. The first-order valence-corrected chi connectivity index (χ1v) is 10.0. The number of amides is 1. The highest BCUT2D eigenvalue weighted by atomic mass is 16.2. The Labute approximate surface area is 172 Å². The number of rotatable bonds is 5. The summed E-state index contributed by atoms with van der Waals surface area (Å²) in [5, 5.41) is 0. The highest BCUT2D eigenvalue weighted by Gasteiger charge is 2.22. The number of benzene rings is 2. The van der Waals surface area contributed by atoms with Crippen molar-refractivity contribution >= 4 is 17.4 Å². The number of anilines is 2. The molecule has 5 heteroatoms. The lowest BCUT2D eigenvalue weighted by Crippen LogP contribution is -2.48. The molecule has 1 fully saturated rings. The van der Waals surface area contributed by atoms with Gasteiger partial charge < -0.3 is 14.7 Å². The van der Waals surface area contributed by atoms with E-state index in [2.05, 4.69) is 51.2 Å². The molecule has 0 bridgehead atoms. The van der Waals surface area contributed by atoms with Gasteiger partial charge in [-0.25, -0.2) is 4.98 Å². The molecular formula is C24H26N4O. The number of carbonyl (C=O) groups excluding carboxylic acids is 1. The number of hydrogen-bond donors (Lipinski definition) is 0. The Morgan fingerprint density at radius 3 is 2.17 bits per heavy atom. The van der Waals surface area contributed by atoms with Crippen LogP contribution in [0.2, 0.25) is 0 Å². The van der Waals surface area contributed by atoms with Crippen molar-refractivity contribution in [3.63, 3.8) is 0 Å². The smallest absolute Gasteiger partial charge is 0.255 e. The largest absolute Gasteiger partial charge is 0.368 e. The predicted molar refractivity (Wildman–Crippen MR) is 117 cm³/mol. The molecule has 0 N–H and O–H groups in total. The van der Waals surface area contributed by atoms with Gasteiger partial charge in [-0.15, -0.1) is 0 Å². The fourth-order valence-corrected chi connectivity index (χ4v) is 3.67. The molecule has 0 spiro atoms. The van der Waals surface area contributed by atoms with E-state index >= 15 is 0 Å². The minimum absolute atomic E-state index is 0.0578. The second-order valence-corrected chi connectivity index (χ2v) is 7.36. The van der Waals surface area contributed by atoms with Crippen LogP contribution < -0.4 is 9.80 Å². The van der Waals surface area contributed by atoms with Crippen LogP contribution in [0, 0.1) is 0 Å². The van der Waals surface area contributed by atoms with Crippen LogP contribution in [-0.2, 0) is 6.54 Å². The summed E-state index contributed by atoms with van der Waals surface area (Å²) in [4.78, 5) is 23.7. The second kappa shape index (κ2) is 8.78. The molecule has 0 unspecified atom stereocenters. The molecule has 1 aromatic heterocycles. The zero-order chi connectivity index (χ0) is 20.1. The molecule has 1 aliphatic heterocycles. The van der Waals surface area contributed by atoms with Crippen LogP contribution in [0.1, 0.15) is 15.9 Å². The maximum absolute atomic E-state index is 12.9. The van der Waals surface area contributed by atoms with E-state index in [1.807, 2.05) is 48.3 Å². The third kappa shape index (κ3) is 4.57. The number of hydrogen-bond acceptors (Lipinski definition) is 4. The quantitative estimate of drug-likeness (QED) is 0.671. The Balaban J connectivity index is 1.35. The van der Waals surface area contributed by atoms with E-state index in [9.17, 15) is 4.79 Å². The SMILES string of the molecule is CN(Cc1ccccc1)c1ccc(C(=O)N2CCN(c3ccccc3)CC2)cn1. The molecule has 5 nitrogen and oxygen atoms in total. The van der Waals surface area contributed by atoms with E-state index in [0.29, 0.717) is 5.56 Å². The Bertz CT molecular complexity index is 920. The van der Waals surface area contributed by atoms with Crippen molar-refractivity contribution < 1.29 is 4.79 Å². The monoisotopic (exact) mass is 386 g/mol. The van der Waals surface area contributed by atoms with Crippen LogP contribution in [0.4, 0.5) is 11.5 Å². The molecule has 2 aromatic carbocycles. The van der Waals surface area contributed by atoms with Gasteiger partial charge in [0.25, 0.3) is 5.91 Å². The Kier molecular flexibility index (Phi) is 5.75. The number of carbonyl (C=O) groups is 1. The lowest BCUT2D eigenvalue weighted by Gasteiger charge is -2.36. The molecule has 1 saturated heterocycles. The van der Waals surface area contributed by atoms with Gasteiger partial charge >= 0.3 is 0 Å². The zero-order valence-electron chi connectivity index (χ0n) is 16.7. The molecule has 4 rings (SSSR count). The average Bonchev–Trinajstić information content (AvgIpc) is 2.80. The third-order valence-corrected chi connectivity index (χ3v) is 5.34. The molecular weight excluding hydrogens is 360 g/mol. The minimum Gasteiger partial charge on any atom is -0.368 e. The first-order valence-electron chi connectivity index (χ1n) is 10.0. The van der Waals surface area contributed by atoms with Crippen LogP contribution in [0.25, 0.3) is 0 Å². The standard InChI is InChI=1S/C24H26N4O/c1-26(19-20-8-4-2-5-9-20)23-13-12-21(18-25-23)24(29)28-16-14-27(15-17-28)22-10-6-3-7-11-22/h2-13,18H,14-17,19H2,1H3. The summed E-state index contributed by atoms with van der Waals surface area (Å²) in [5.41, 5.74) is 3.09. The fraction of sp³-hybridized carbons (Fsp3) is 0.250. The molecule has 0 aliphatic carbocycles. The van der Waals surface area contributed by atoms with Gasteiger partial charge in [0, 0.05) is 51.7 Å². The van der Waals surface area contributed by atoms with E-state index in [1.165, 1.54) is 11.3 Å². The van der Waals surface area contributed by atoms with Gasteiger partial charge in [0.05, 0.1) is 5.56 Å². The highest BCUT2D eigenvalue weighted by Crippen LogP contribution is 2.18. The van der Waals surface area contributed by atoms with Crippen molar-refractivity contribution in [1.29, 1.82) is 0 Å². The summed E-state index contributed by atoms with van der Waals surface area (Å²) in [5.74, 6) is 0.918. The third-order valence-electron chi connectivity index (χ3n) is 5.34. The summed E-state index contributed by atoms with van der Waals surface area (Å²) in [7, 11) is 2.01. The molecule has 3 aromatic rings. The normalized spacial score (nSPS) is 14.0. The molecule has 0 atom stereocenters. The number of nitrogens with zero attached hydrogens (tertiary/aromatic N) is 4. The van der Waals surface area contributed by atoms with Crippen molar-refractivity contribution in [1.82, 2.24) is 9.88 Å². The number of piperazine rings is 1. The van der Waals surface area contributed by atoms with Crippen molar-refractivity contribution in [3.8, 4) is 0 Å². The van der Waals surface area contributed by atoms with Crippen molar-refractivity contribution in [2.45, 2.75) is 6.54 Å². The van der Waals surface area contributed by atoms with Crippen LogP contribution in [0.15, 0.2) is 79.0 Å². The van der Waals surface area contributed by atoms with Gasteiger partial charge in [0.2, 0.25) is 0 Å². The van der Waals surface area contributed by atoms with Crippen molar-refractivity contribution in [3.05, 3.63) is 90.1 Å². The van der Waals surface area contributed by atoms with Gasteiger partial charge in [-0.1, -0.05) is 48.5 Å². The molecule has 2 heterocycles. The predicted octanol–water partition coefficient (Wildman–Crippen LogP) is 3.68. The topological polar surface area (TPSA) is 39.7 Å². The van der Waals surface area contributed by atoms with Crippen LogP contribution in [0.3, 0.4) is 0 Å². The summed E-state index contributed by atoms with van der Waals surface area (Å²) in [6, 6.07) is 24.5. The number of pyridine rings is 1. The summed E-state index contributed by atoms with van der Waals surface area (Å²) in [6.07, 6.45) is 1.70. The van der Waals surface area contributed by atoms with Gasteiger partial charge in [-0.3, -0.25) is 4.79 Å². The van der Waals surface area contributed by atoms with Crippen LogP contribution in [0.5, 0.6) is 0 Å². The first-order chi connectivity index (χ1) is 14.2. The Morgan fingerprint density at radius 1 is 0.897 bits per heavy atom. The summed E-state index contributed by atoms with van der Waals surface area (Å²) < 4.78 is 0. The lowest BCUT2D eigenvalue weighted by molar-refractivity contribution is 0.0746. The minimum atomic E-state index is 0.0578. The zero-order valence-corrected chi connectivity index (χ0v) is 16.7. The van der Waals surface area contributed by atoms with E-state index in [4.69, 9.17) is 0 Å². The van der Waals surface area contributed by atoms with Crippen LogP contribution >= 0.6 is 0 Å². The second-order valence-electron chi connectivity index (χ2n) is 7.36. The van der Waals surface area contributed by atoms with E-state index < -0.39 is 0 Å². The molecule has 148 valence electrons. The van der Waals surface area contributed by atoms with Gasteiger partial charge in [0.15, 0.2) is 0 Å².